The van der Waals surface area contributed by atoms with Crippen molar-refractivity contribution in [2.24, 2.45) is 5.41 Å². The molecular formula is C17H28O. The Kier molecular flexibility index (Phi) is 5.37. The summed E-state index contributed by atoms with van der Waals surface area (Å²) in [5, 5.41) is 0. The molecular weight excluding hydrogens is 220 g/mol. The van der Waals surface area contributed by atoms with E-state index in [0.717, 1.165) is 6.42 Å². The zero-order chi connectivity index (χ0) is 13.8. The van der Waals surface area contributed by atoms with Gasteiger partial charge in [-0.15, -0.1) is 0 Å². The zero-order valence-electron chi connectivity index (χ0n) is 12.7. The summed E-state index contributed by atoms with van der Waals surface area (Å²) >= 11 is 0. The van der Waals surface area contributed by atoms with Crippen molar-refractivity contribution in [1.29, 1.82) is 0 Å². The molecule has 18 heavy (non-hydrogen) atoms. The van der Waals surface area contributed by atoms with Crippen LogP contribution in [0.3, 0.4) is 0 Å². The Morgan fingerprint density at radius 2 is 2.00 bits per heavy atom. The van der Waals surface area contributed by atoms with Gasteiger partial charge < -0.3 is 0 Å². The highest BCUT2D eigenvalue weighted by Crippen LogP contribution is 2.42. The number of ketones is 1. The first kappa shape index (κ1) is 15.2. The first-order valence-electron chi connectivity index (χ1n) is 7.17. The fourth-order valence-corrected chi connectivity index (χ4v) is 2.97. The van der Waals surface area contributed by atoms with Gasteiger partial charge in [0.25, 0.3) is 0 Å². The summed E-state index contributed by atoms with van der Waals surface area (Å²) < 4.78 is 0. The second kappa shape index (κ2) is 6.36. The summed E-state index contributed by atoms with van der Waals surface area (Å²) in [6, 6.07) is 0. The molecule has 0 saturated heterocycles. The molecule has 1 aliphatic rings. The Bertz CT molecular complexity index is 369. The number of carbonyl (C=O) groups excluding carboxylic acids is 1. The quantitative estimate of drug-likeness (QED) is 0.610. The van der Waals surface area contributed by atoms with Crippen LogP contribution >= 0.6 is 0 Å². The molecule has 0 atom stereocenters. The van der Waals surface area contributed by atoms with E-state index in [1.165, 1.54) is 31.3 Å². The van der Waals surface area contributed by atoms with Crippen LogP contribution in [0.15, 0.2) is 22.8 Å². The van der Waals surface area contributed by atoms with Gasteiger partial charge in [-0.25, -0.2) is 0 Å². The molecule has 1 rings (SSSR count). The molecule has 1 nitrogen and oxygen atoms in total. The second-order valence-electron chi connectivity index (χ2n) is 6.45. The lowest BCUT2D eigenvalue weighted by molar-refractivity contribution is -0.116. The van der Waals surface area contributed by atoms with E-state index in [1.54, 1.807) is 18.1 Å². The molecule has 0 radical (unpaired) electrons. The summed E-state index contributed by atoms with van der Waals surface area (Å²) in [6.07, 6.45) is 8.87. The Morgan fingerprint density at radius 1 is 1.33 bits per heavy atom. The van der Waals surface area contributed by atoms with E-state index in [9.17, 15) is 4.79 Å². The molecule has 0 saturated carbocycles. The van der Waals surface area contributed by atoms with Gasteiger partial charge in [0.1, 0.15) is 5.78 Å². The molecule has 0 aromatic heterocycles. The van der Waals surface area contributed by atoms with Crippen LogP contribution in [0.5, 0.6) is 0 Å². The van der Waals surface area contributed by atoms with Crippen LogP contribution in [0.1, 0.15) is 73.1 Å². The van der Waals surface area contributed by atoms with Crippen molar-refractivity contribution in [2.75, 3.05) is 0 Å². The minimum atomic E-state index is 0.253. The third-order valence-electron chi connectivity index (χ3n) is 4.19. The maximum absolute atomic E-state index is 11.0. The monoisotopic (exact) mass is 248 g/mol. The second-order valence-corrected chi connectivity index (χ2v) is 6.45. The average Bonchev–Trinajstić information content (AvgIpc) is 2.24. The summed E-state index contributed by atoms with van der Waals surface area (Å²) in [7, 11) is 0. The predicted molar refractivity (Wildman–Crippen MR) is 78.6 cm³/mol. The molecule has 0 aliphatic heterocycles. The molecule has 0 N–H and O–H groups in total. The lowest BCUT2D eigenvalue weighted by atomic mass is 9.71. The Hall–Kier alpha value is -0.850. The molecule has 0 spiro atoms. The van der Waals surface area contributed by atoms with Crippen molar-refractivity contribution in [3.63, 3.8) is 0 Å². The van der Waals surface area contributed by atoms with Gasteiger partial charge in [-0.3, -0.25) is 4.79 Å². The van der Waals surface area contributed by atoms with E-state index in [0.29, 0.717) is 11.8 Å². The summed E-state index contributed by atoms with van der Waals surface area (Å²) in [6.45, 7) is 10.8. The normalized spacial score (nSPS) is 20.2. The van der Waals surface area contributed by atoms with Crippen LogP contribution in [0, 0.1) is 5.41 Å². The number of allylic oxidation sites excluding steroid dienone is 4. The van der Waals surface area contributed by atoms with Gasteiger partial charge in [0.2, 0.25) is 0 Å². The van der Waals surface area contributed by atoms with Crippen molar-refractivity contribution in [3.8, 4) is 0 Å². The predicted octanol–water partition coefficient (Wildman–Crippen LogP) is 5.22. The molecule has 0 aromatic carbocycles. The topological polar surface area (TPSA) is 17.1 Å². The molecule has 0 amide bonds. The average molecular weight is 248 g/mol. The van der Waals surface area contributed by atoms with E-state index in [4.69, 9.17) is 0 Å². The third-order valence-corrected chi connectivity index (χ3v) is 4.19. The first-order valence-corrected chi connectivity index (χ1v) is 7.17. The lowest BCUT2D eigenvalue weighted by Crippen LogP contribution is -2.20. The minimum absolute atomic E-state index is 0.253. The Balaban J connectivity index is 2.61. The third kappa shape index (κ3) is 4.44. The van der Waals surface area contributed by atoms with E-state index < -0.39 is 0 Å². The molecule has 0 unspecified atom stereocenters. The van der Waals surface area contributed by atoms with E-state index in [-0.39, 0.29) is 5.78 Å². The van der Waals surface area contributed by atoms with Gasteiger partial charge in [0.05, 0.1) is 0 Å². The van der Waals surface area contributed by atoms with Crippen LogP contribution < -0.4 is 0 Å². The standard InChI is InChI=1S/C17H28O/c1-13(8-10-15(3)18)9-11-16-14(2)7-6-12-17(16,4)5/h8H,6-7,9-12H2,1-5H3. The van der Waals surface area contributed by atoms with Crippen LogP contribution in [0.25, 0.3) is 0 Å². The molecule has 0 aromatic rings. The maximum atomic E-state index is 11.0. The molecule has 1 heteroatoms. The van der Waals surface area contributed by atoms with Crippen LogP contribution in [-0.4, -0.2) is 5.78 Å². The number of carbonyl (C=O) groups is 1. The number of Topliss-reactive ketones (excluding diaryl/α,β-unsaturated/α-hetero) is 1. The highest BCUT2D eigenvalue weighted by Gasteiger charge is 2.27. The van der Waals surface area contributed by atoms with Crippen molar-refractivity contribution in [2.45, 2.75) is 73.1 Å². The first-order chi connectivity index (χ1) is 8.33. The van der Waals surface area contributed by atoms with Crippen LogP contribution in [0.2, 0.25) is 0 Å². The smallest absolute Gasteiger partial charge is 0.133 e. The highest BCUT2D eigenvalue weighted by molar-refractivity contribution is 5.77. The van der Waals surface area contributed by atoms with E-state index >= 15 is 0 Å². The Labute approximate surface area is 112 Å². The van der Waals surface area contributed by atoms with Crippen molar-refractivity contribution >= 4 is 5.78 Å². The maximum Gasteiger partial charge on any atom is 0.133 e. The van der Waals surface area contributed by atoms with Gasteiger partial charge >= 0.3 is 0 Å². The number of hydrogen-bond donors (Lipinski definition) is 0. The molecule has 0 heterocycles. The molecule has 0 bridgehead atoms. The fourth-order valence-electron chi connectivity index (χ4n) is 2.97. The van der Waals surface area contributed by atoms with Crippen LogP contribution in [0.4, 0.5) is 0 Å². The zero-order valence-corrected chi connectivity index (χ0v) is 12.7. The molecule has 102 valence electrons. The van der Waals surface area contributed by atoms with Gasteiger partial charge in [-0.1, -0.05) is 36.6 Å². The van der Waals surface area contributed by atoms with Crippen LogP contribution in [-0.2, 0) is 4.79 Å². The minimum Gasteiger partial charge on any atom is -0.300 e. The van der Waals surface area contributed by atoms with Gasteiger partial charge in [0, 0.05) is 6.42 Å². The summed E-state index contributed by atoms with van der Waals surface area (Å²) in [5.41, 5.74) is 4.99. The summed E-state index contributed by atoms with van der Waals surface area (Å²) in [4.78, 5) is 11.0. The van der Waals surface area contributed by atoms with Gasteiger partial charge in [-0.05, 0) is 58.3 Å². The molecule has 1 aliphatic carbocycles. The largest absolute Gasteiger partial charge is 0.300 e. The van der Waals surface area contributed by atoms with E-state index in [2.05, 4.69) is 33.8 Å². The fraction of sp³-hybridized carbons (Fsp3) is 0.706. The number of rotatable bonds is 5. The highest BCUT2D eigenvalue weighted by atomic mass is 16.1. The lowest BCUT2D eigenvalue weighted by Gasteiger charge is -2.34. The Morgan fingerprint density at radius 3 is 2.56 bits per heavy atom. The molecule has 0 fully saturated rings. The SMILES string of the molecule is CC(=O)CC=C(C)CCC1=C(C)CCCC1(C)C. The number of hydrogen-bond acceptors (Lipinski definition) is 1. The van der Waals surface area contributed by atoms with Gasteiger partial charge in [0.15, 0.2) is 0 Å². The summed E-state index contributed by atoms with van der Waals surface area (Å²) in [5.74, 6) is 0.253. The van der Waals surface area contributed by atoms with E-state index in [1.807, 2.05) is 0 Å². The van der Waals surface area contributed by atoms with Gasteiger partial charge in [-0.2, -0.15) is 0 Å². The van der Waals surface area contributed by atoms with Crippen molar-refractivity contribution in [1.82, 2.24) is 0 Å². The van der Waals surface area contributed by atoms with Crippen molar-refractivity contribution < 1.29 is 4.79 Å². The van der Waals surface area contributed by atoms with Crippen molar-refractivity contribution in [3.05, 3.63) is 22.8 Å².